The van der Waals surface area contributed by atoms with Crippen molar-refractivity contribution in [3.8, 4) is 0 Å². The molecular weight excluding hydrogens is 322 g/mol. The summed E-state index contributed by atoms with van der Waals surface area (Å²) in [5.74, 6) is -0.233. The molecule has 0 aromatic heterocycles. The molecule has 0 bridgehead atoms. The lowest BCUT2D eigenvalue weighted by molar-refractivity contribution is -0.146. The Hall–Kier alpha value is -0.140. The van der Waals surface area contributed by atoms with E-state index in [1.165, 1.54) is 0 Å². The van der Waals surface area contributed by atoms with Crippen LogP contribution in [-0.4, -0.2) is 61.4 Å². The molecule has 0 radical (unpaired) electrons. The van der Waals surface area contributed by atoms with Gasteiger partial charge < -0.3 is 9.64 Å². The number of halogens is 1. The quantitative estimate of drug-likeness (QED) is 0.684. The lowest BCUT2D eigenvalue weighted by Crippen LogP contribution is -2.53. The summed E-state index contributed by atoms with van der Waals surface area (Å²) in [6.45, 7) is 3.00. The minimum Gasteiger partial charge on any atom is -0.373 e. The Balaban J connectivity index is 2.03. The Morgan fingerprint density at radius 1 is 1.50 bits per heavy atom. The minimum atomic E-state index is -3.00. The second kappa shape index (κ2) is 5.46. The molecule has 2 saturated heterocycles. The van der Waals surface area contributed by atoms with Gasteiger partial charge in [0.1, 0.15) is 0 Å². The topological polar surface area (TPSA) is 63.7 Å². The standard InChI is InChI=1S/C11H18BrNO4S/c1-8-6-17-10(4-12)5-13(8)11(14)9-2-3-18(15,16)7-9/h8-10H,2-7H2,1H3. The van der Waals surface area contributed by atoms with Crippen molar-refractivity contribution in [1.82, 2.24) is 4.90 Å². The van der Waals surface area contributed by atoms with E-state index < -0.39 is 9.84 Å². The summed E-state index contributed by atoms with van der Waals surface area (Å²) < 4.78 is 28.4. The smallest absolute Gasteiger partial charge is 0.227 e. The predicted octanol–water partition coefficient (Wildman–Crippen LogP) is 0.432. The summed E-state index contributed by atoms with van der Waals surface area (Å²) in [6.07, 6.45) is 0.465. The van der Waals surface area contributed by atoms with Crippen LogP contribution in [0.5, 0.6) is 0 Å². The average molecular weight is 340 g/mol. The number of nitrogens with zero attached hydrogens (tertiary/aromatic N) is 1. The Labute approximate surface area is 116 Å². The fourth-order valence-corrected chi connectivity index (χ4v) is 4.57. The third-order valence-electron chi connectivity index (χ3n) is 3.54. The lowest BCUT2D eigenvalue weighted by Gasteiger charge is -2.38. The first-order chi connectivity index (χ1) is 8.43. The van der Waals surface area contributed by atoms with Gasteiger partial charge in [-0.05, 0) is 13.3 Å². The van der Waals surface area contributed by atoms with Crippen LogP contribution in [0.15, 0.2) is 0 Å². The van der Waals surface area contributed by atoms with E-state index in [1.54, 1.807) is 4.90 Å². The molecule has 104 valence electrons. The van der Waals surface area contributed by atoms with Crippen molar-refractivity contribution in [2.75, 3.05) is 30.0 Å². The summed E-state index contributed by atoms with van der Waals surface area (Å²) in [5, 5.41) is 0.687. The highest BCUT2D eigenvalue weighted by atomic mass is 79.9. The van der Waals surface area contributed by atoms with Crippen LogP contribution in [-0.2, 0) is 19.4 Å². The van der Waals surface area contributed by atoms with E-state index >= 15 is 0 Å². The zero-order chi connectivity index (χ0) is 13.3. The van der Waals surface area contributed by atoms with E-state index in [-0.39, 0.29) is 35.5 Å². The molecule has 3 unspecified atom stereocenters. The summed E-state index contributed by atoms with van der Waals surface area (Å²) >= 11 is 3.35. The van der Waals surface area contributed by atoms with E-state index in [0.717, 1.165) is 0 Å². The summed E-state index contributed by atoms with van der Waals surface area (Å²) in [6, 6.07) is 0.0242. The molecule has 0 aliphatic carbocycles. The normalized spacial score (nSPS) is 35.7. The third kappa shape index (κ3) is 3.05. The molecule has 2 aliphatic heterocycles. The van der Waals surface area contributed by atoms with Gasteiger partial charge in [0.05, 0.1) is 36.2 Å². The van der Waals surface area contributed by atoms with Gasteiger partial charge in [-0.1, -0.05) is 15.9 Å². The van der Waals surface area contributed by atoms with Crippen molar-refractivity contribution in [2.45, 2.75) is 25.5 Å². The van der Waals surface area contributed by atoms with Crippen LogP contribution in [0.2, 0.25) is 0 Å². The number of amides is 1. The van der Waals surface area contributed by atoms with Crippen LogP contribution in [0.3, 0.4) is 0 Å². The second-order valence-corrected chi connectivity index (χ2v) is 7.93. The maximum absolute atomic E-state index is 12.4. The van der Waals surface area contributed by atoms with E-state index in [9.17, 15) is 13.2 Å². The van der Waals surface area contributed by atoms with Crippen molar-refractivity contribution < 1.29 is 17.9 Å². The third-order valence-corrected chi connectivity index (χ3v) is 6.03. The molecule has 0 N–H and O–H groups in total. The molecule has 1 amide bonds. The van der Waals surface area contributed by atoms with Crippen LogP contribution in [0.4, 0.5) is 0 Å². The van der Waals surface area contributed by atoms with Crippen LogP contribution in [0, 0.1) is 5.92 Å². The molecule has 0 spiro atoms. The molecule has 0 aromatic rings. The maximum Gasteiger partial charge on any atom is 0.227 e. The molecule has 2 rings (SSSR count). The SMILES string of the molecule is CC1COC(CBr)CN1C(=O)C1CCS(=O)(=O)C1. The second-order valence-electron chi connectivity index (χ2n) is 5.05. The van der Waals surface area contributed by atoms with E-state index in [4.69, 9.17) is 4.74 Å². The highest BCUT2D eigenvalue weighted by molar-refractivity contribution is 9.09. The van der Waals surface area contributed by atoms with Gasteiger partial charge in [-0.3, -0.25) is 4.79 Å². The molecular formula is C11H18BrNO4S. The van der Waals surface area contributed by atoms with Crippen molar-refractivity contribution in [3.63, 3.8) is 0 Å². The van der Waals surface area contributed by atoms with E-state index in [2.05, 4.69) is 15.9 Å². The zero-order valence-electron chi connectivity index (χ0n) is 10.3. The van der Waals surface area contributed by atoms with E-state index in [0.29, 0.717) is 24.9 Å². The van der Waals surface area contributed by atoms with Gasteiger partial charge in [0, 0.05) is 11.9 Å². The molecule has 5 nitrogen and oxygen atoms in total. The highest BCUT2D eigenvalue weighted by Crippen LogP contribution is 2.24. The first-order valence-electron chi connectivity index (χ1n) is 6.11. The fourth-order valence-electron chi connectivity index (χ4n) is 2.44. The number of rotatable bonds is 2. The van der Waals surface area contributed by atoms with Gasteiger partial charge in [0.15, 0.2) is 9.84 Å². The van der Waals surface area contributed by atoms with Crippen molar-refractivity contribution in [2.24, 2.45) is 5.92 Å². The molecule has 2 fully saturated rings. The Bertz CT molecular complexity index is 425. The monoisotopic (exact) mass is 339 g/mol. The number of carbonyl (C=O) groups excluding carboxylic acids is 1. The van der Waals surface area contributed by atoms with Gasteiger partial charge in [-0.15, -0.1) is 0 Å². The molecule has 0 aromatic carbocycles. The Kier molecular flexibility index (Phi) is 4.33. The van der Waals surface area contributed by atoms with Crippen LogP contribution < -0.4 is 0 Å². The molecule has 7 heteroatoms. The first-order valence-corrected chi connectivity index (χ1v) is 9.05. The van der Waals surface area contributed by atoms with Crippen LogP contribution >= 0.6 is 15.9 Å². The number of carbonyl (C=O) groups is 1. The van der Waals surface area contributed by atoms with Gasteiger partial charge in [0.25, 0.3) is 0 Å². The van der Waals surface area contributed by atoms with Crippen molar-refractivity contribution in [3.05, 3.63) is 0 Å². The molecule has 0 saturated carbocycles. The van der Waals surface area contributed by atoms with Gasteiger partial charge in [0.2, 0.25) is 5.91 Å². The maximum atomic E-state index is 12.4. The van der Waals surface area contributed by atoms with Gasteiger partial charge >= 0.3 is 0 Å². The van der Waals surface area contributed by atoms with E-state index in [1.807, 2.05) is 6.92 Å². The van der Waals surface area contributed by atoms with Crippen LogP contribution in [0.1, 0.15) is 13.3 Å². The zero-order valence-corrected chi connectivity index (χ0v) is 12.7. The molecule has 2 heterocycles. The molecule has 2 aliphatic rings. The summed E-state index contributed by atoms with van der Waals surface area (Å²) in [5.41, 5.74) is 0. The van der Waals surface area contributed by atoms with Crippen molar-refractivity contribution >= 4 is 31.7 Å². The van der Waals surface area contributed by atoms with Crippen molar-refractivity contribution in [1.29, 1.82) is 0 Å². The van der Waals surface area contributed by atoms with Gasteiger partial charge in [-0.2, -0.15) is 0 Å². The van der Waals surface area contributed by atoms with Crippen LogP contribution in [0.25, 0.3) is 0 Å². The number of ether oxygens (including phenoxy) is 1. The highest BCUT2D eigenvalue weighted by Gasteiger charge is 2.38. The average Bonchev–Trinajstić information content (AvgIpc) is 2.69. The summed E-state index contributed by atoms with van der Waals surface area (Å²) in [4.78, 5) is 14.1. The molecule has 18 heavy (non-hydrogen) atoms. The first kappa shape index (κ1) is 14.3. The number of hydrogen-bond donors (Lipinski definition) is 0. The molecule has 3 atom stereocenters. The number of hydrogen-bond acceptors (Lipinski definition) is 4. The predicted molar refractivity (Wildman–Crippen MR) is 71.5 cm³/mol. The Morgan fingerprint density at radius 2 is 2.22 bits per heavy atom. The number of morpholine rings is 1. The minimum absolute atomic E-state index is 0.00293. The summed E-state index contributed by atoms with van der Waals surface area (Å²) in [7, 11) is -3.00. The fraction of sp³-hybridized carbons (Fsp3) is 0.909. The van der Waals surface area contributed by atoms with Gasteiger partial charge in [-0.25, -0.2) is 8.42 Å². The lowest BCUT2D eigenvalue weighted by atomic mass is 10.1. The number of sulfone groups is 1. The Morgan fingerprint density at radius 3 is 2.78 bits per heavy atom. The largest absolute Gasteiger partial charge is 0.373 e. The number of alkyl halides is 1.